The molecule has 1 amide bonds. The largest absolute Gasteiger partial charge is 0.493 e. The maximum absolute atomic E-state index is 11.9. The van der Waals surface area contributed by atoms with Crippen molar-refractivity contribution in [2.75, 3.05) is 20.3 Å². The average molecular weight is 419 g/mol. The minimum atomic E-state index is -0.473. The van der Waals surface area contributed by atoms with Crippen molar-refractivity contribution in [3.63, 3.8) is 0 Å². The molecular weight excluding hydrogens is 388 g/mol. The quantitative estimate of drug-likeness (QED) is 0.469. The van der Waals surface area contributed by atoms with E-state index in [0.717, 1.165) is 11.1 Å². The Bertz CT molecular complexity index is 803. The van der Waals surface area contributed by atoms with Crippen LogP contribution >= 0.6 is 12.6 Å². The van der Waals surface area contributed by atoms with Gasteiger partial charge in [0, 0.05) is 6.54 Å². The second kappa shape index (κ2) is 10.5. The highest BCUT2D eigenvalue weighted by Gasteiger charge is 2.15. The van der Waals surface area contributed by atoms with Crippen LogP contribution < -0.4 is 15.2 Å². The van der Waals surface area contributed by atoms with E-state index < -0.39 is 5.24 Å². The number of rotatable bonds is 9. The van der Waals surface area contributed by atoms with E-state index in [0.29, 0.717) is 24.7 Å². The van der Waals surface area contributed by atoms with Crippen molar-refractivity contribution in [1.29, 1.82) is 0 Å². The molecule has 2 aromatic carbocycles. The first-order chi connectivity index (χ1) is 13.7. The second-order valence-electron chi connectivity index (χ2n) is 7.66. The molecule has 2 N–H and O–H groups in total. The fourth-order valence-corrected chi connectivity index (χ4v) is 2.81. The van der Waals surface area contributed by atoms with Crippen LogP contribution in [0.1, 0.15) is 37.5 Å². The summed E-state index contributed by atoms with van der Waals surface area (Å²) in [7, 11) is 1.56. The lowest BCUT2D eigenvalue weighted by atomic mass is 9.87. The van der Waals surface area contributed by atoms with Crippen LogP contribution in [0.2, 0.25) is 0 Å². The number of benzene rings is 2. The van der Waals surface area contributed by atoms with Gasteiger partial charge in [0.15, 0.2) is 11.5 Å². The summed E-state index contributed by atoms with van der Waals surface area (Å²) in [4.78, 5) is 17.6. The van der Waals surface area contributed by atoms with E-state index in [1.54, 1.807) is 19.2 Å². The number of carbonyl (C=O) groups is 1. The van der Waals surface area contributed by atoms with Crippen LogP contribution in [0.25, 0.3) is 0 Å². The van der Waals surface area contributed by atoms with Gasteiger partial charge < -0.3 is 15.2 Å². The topological polar surface area (TPSA) is 74.0 Å². The number of nitrogens with zero attached hydrogens (tertiary/aromatic N) is 1. The highest BCUT2D eigenvalue weighted by atomic mass is 32.1. The fourth-order valence-electron chi connectivity index (χ4n) is 2.69. The smallest absolute Gasteiger partial charge is 0.302 e. The Morgan fingerprint density at radius 1 is 1.07 bits per heavy atom. The zero-order valence-electron chi connectivity index (χ0n) is 17.5. The molecule has 0 saturated heterocycles. The normalized spacial score (nSPS) is 11.2. The molecule has 6 nitrogen and oxygen atoms in total. The number of hydroxylamine groups is 2. The molecule has 2 rings (SSSR count). The van der Waals surface area contributed by atoms with Gasteiger partial charge in [-0.3, -0.25) is 9.63 Å². The first-order valence-corrected chi connectivity index (χ1v) is 9.92. The van der Waals surface area contributed by atoms with Crippen LogP contribution in [0.4, 0.5) is 4.79 Å². The molecule has 29 heavy (non-hydrogen) atoms. The van der Waals surface area contributed by atoms with Gasteiger partial charge in [0.1, 0.15) is 13.2 Å². The minimum absolute atomic E-state index is 0.0889. The van der Waals surface area contributed by atoms with Crippen molar-refractivity contribution in [2.45, 2.75) is 39.3 Å². The number of nitrogens with two attached hydrogens (primary N) is 1. The van der Waals surface area contributed by atoms with Crippen molar-refractivity contribution in [3.8, 4) is 11.5 Å². The molecule has 0 fully saturated rings. The Hall–Kier alpha value is -2.22. The highest BCUT2D eigenvalue weighted by Crippen LogP contribution is 2.29. The first-order valence-electron chi connectivity index (χ1n) is 9.47. The van der Waals surface area contributed by atoms with Gasteiger partial charge in [-0.1, -0.05) is 63.7 Å². The molecule has 0 saturated carbocycles. The maximum Gasteiger partial charge on any atom is 0.302 e. The van der Waals surface area contributed by atoms with Crippen LogP contribution in [0.5, 0.6) is 11.5 Å². The number of ether oxygens (including phenoxy) is 2. The van der Waals surface area contributed by atoms with Gasteiger partial charge in [-0.05, 0) is 34.2 Å². The lowest BCUT2D eigenvalue weighted by Crippen LogP contribution is -2.26. The standard InChI is InChI=1S/C22H30N2O4S/c1-22(2,3)18-8-5-16(6-9-18)15-28-24(21(25)29)14-17-7-10-19(27-12-11-23)20(13-17)26-4/h5-10,13H,11-12,14-15,23H2,1-4H3,(H,25,29). The highest BCUT2D eigenvalue weighted by molar-refractivity contribution is 7.96. The molecule has 0 aliphatic heterocycles. The Kier molecular flexibility index (Phi) is 8.37. The van der Waals surface area contributed by atoms with Crippen molar-refractivity contribution in [3.05, 3.63) is 59.2 Å². The molecule has 0 aromatic heterocycles. The minimum Gasteiger partial charge on any atom is -0.493 e. The van der Waals surface area contributed by atoms with Gasteiger partial charge in [-0.25, -0.2) is 5.06 Å². The molecule has 0 heterocycles. The number of thiol groups is 1. The third-order valence-corrected chi connectivity index (χ3v) is 4.57. The van der Waals surface area contributed by atoms with Crippen LogP contribution in [0.15, 0.2) is 42.5 Å². The summed E-state index contributed by atoms with van der Waals surface area (Å²) in [6.07, 6.45) is 0. The lowest BCUT2D eigenvalue weighted by molar-refractivity contribution is -0.126. The number of hydrogen-bond donors (Lipinski definition) is 2. The average Bonchev–Trinajstić information content (AvgIpc) is 2.69. The Labute approximate surface area is 178 Å². The van der Waals surface area contributed by atoms with Gasteiger partial charge in [-0.2, -0.15) is 0 Å². The summed E-state index contributed by atoms with van der Waals surface area (Å²) in [5, 5.41) is 0.745. The predicted molar refractivity (Wildman–Crippen MR) is 117 cm³/mol. The molecular formula is C22H30N2O4S. The van der Waals surface area contributed by atoms with Crippen LogP contribution in [0.3, 0.4) is 0 Å². The van der Waals surface area contributed by atoms with Gasteiger partial charge in [0.05, 0.1) is 13.7 Å². The van der Waals surface area contributed by atoms with Crippen molar-refractivity contribution >= 4 is 17.9 Å². The fraction of sp³-hybridized carbons (Fsp3) is 0.409. The Morgan fingerprint density at radius 3 is 2.28 bits per heavy atom. The predicted octanol–water partition coefficient (Wildman–Crippen LogP) is 4.31. The van der Waals surface area contributed by atoms with E-state index in [2.05, 4.69) is 45.5 Å². The summed E-state index contributed by atoms with van der Waals surface area (Å²) >= 11 is 3.93. The molecule has 158 valence electrons. The number of methoxy groups -OCH3 is 1. The van der Waals surface area contributed by atoms with Gasteiger partial charge in [0.25, 0.3) is 0 Å². The molecule has 0 atom stereocenters. The van der Waals surface area contributed by atoms with Gasteiger partial charge >= 0.3 is 5.24 Å². The molecule has 2 aromatic rings. The second-order valence-corrected chi connectivity index (χ2v) is 8.04. The molecule has 0 aliphatic carbocycles. The molecule has 7 heteroatoms. The van der Waals surface area contributed by atoms with Gasteiger partial charge in [-0.15, -0.1) is 0 Å². The van der Waals surface area contributed by atoms with Crippen molar-refractivity contribution in [2.24, 2.45) is 5.73 Å². The third-order valence-electron chi connectivity index (χ3n) is 4.35. The van der Waals surface area contributed by atoms with E-state index in [1.165, 1.54) is 10.6 Å². The molecule has 0 spiro atoms. The molecule has 0 bridgehead atoms. The summed E-state index contributed by atoms with van der Waals surface area (Å²) in [5.74, 6) is 1.17. The SMILES string of the molecule is COc1cc(CN(OCc2ccc(C(C)(C)C)cc2)C(=O)S)ccc1OCCN. The van der Waals surface area contributed by atoms with Crippen molar-refractivity contribution in [1.82, 2.24) is 5.06 Å². The zero-order chi connectivity index (χ0) is 21.4. The van der Waals surface area contributed by atoms with E-state index in [-0.39, 0.29) is 18.6 Å². The van der Waals surface area contributed by atoms with Crippen LogP contribution in [0, 0.1) is 0 Å². The zero-order valence-corrected chi connectivity index (χ0v) is 18.4. The Balaban J connectivity index is 2.04. The summed E-state index contributed by atoms with van der Waals surface area (Å²) in [5.41, 5.74) is 8.60. The number of hydrogen-bond acceptors (Lipinski definition) is 5. The van der Waals surface area contributed by atoms with Gasteiger partial charge in [0.2, 0.25) is 0 Å². The van der Waals surface area contributed by atoms with Crippen molar-refractivity contribution < 1.29 is 19.1 Å². The number of amides is 1. The first kappa shape index (κ1) is 23.1. The van der Waals surface area contributed by atoms with E-state index in [4.69, 9.17) is 20.0 Å². The molecule has 0 unspecified atom stereocenters. The van der Waals surface area contributed by atoms with Crippen LogP contribution in [-0.4, -0.2) is 30.6 Å². The molecule has 0 radical (unpaired) electrons. The maximum atomic E-state index is 11.9. The van der Waals surface area contributed by atoms with E-state index in [9.17, 15) is 4.79 Å². The summed E-state index contributed by atoms with van der Waals surface area (Å²) in [6, 6.07) is 13.6. The Morgan fingerprint density at radius 2 is 1.72 bits per heavy atom. The monoisotopic (exact) mass is 418 g/mol. The molecule has 0 aliphatic rings. The van der Waals surface area contributed by atoms with E-state index >= 15 is 0 Å². The summed E-state index contributed by atoms with van der Waals surface area (Å²) < 4.78 is 10.9. The van der Waals surface area contributed by atoms with Crippen LogP contribution in [-0.2, 0) is 23.4 Å². The lowest BCUT2D eigenvalue weighted by Gasteiger charge is -2.22. The number of carbonyl (C=O) groups excluding carboxylic acids is 1. The summed E-state index contributed by atoms with van der Waals surface area (Å²) in [6.45, 7) is 7.81. The van der Waals surface area contributed by atoms with E-state index in [1.807, 2.05) is 18.2 Å². The third kappa shape index (κ3) is 6.96.